The summed E-state index contributed by atoms with van der Waals surface area (Å²) >= 11 is 12.1. The Morgan fingerprint density at radius 2 is 2.00 bits per heavy atom. The molecule has 3 N–H and O–H groups in total. The van der Waals surface area contributed by atoms with Gasteiger partial charge < -0.3 is 10.6 Å². The van der Waals surface area contributed by atoms with Crippen LogP contribution in [0.3, 0.4) is 0 Å². The van der Waals surface area contributed by atoms with Crippen molar-refractivity contribution in [1.29, 1.82) is 0 Å². The largest absolute Gasteiger partial charge is 0.382 e. The topological polar surface area (TPSA) is 113 Å². The van der Waals surface area contributed by atoms with E-state index in [0.29, 0.717) is 18.7 Å². The van der Waals surface area contributed by atoms with Crippen molar-refractivity contribution in [2.45, 2.75) is 24.8 Å². The van der Waals surface area contributed by atoms with Crippen LogP contribution >= 0.6 is 23.2 Å². The first-order valence-electron chi connectivity index (χ1n) is 7.34. The van der Waals surface area contributed by atoms with Crippen LogP contribution in [-0.2, 0) is 4.79 Å². The van der Waals surface area contributed by atoms with Crippen LogP contribution in [0.2, 0.25) is 10.0 Å². The molecule has 2 atom stereocenters. The molecule has 1 aliphatic carbocycles. The number of nitro benzene ring substituents is 1. The lowest BCUT2D eigenvalue weighted by Gasteiger charge is -2.28. The van der Waals surface area contributed by atoms with E-state index in [1.807, 2.05) is 0 Å². The number of halogens is 2. The van der Waals surface area contributed by atoms with E-state index >= 15 is 0 Å². The summed E-state index contributed by atoms with van der Waals surface area (Å²) in [6, 6.07) is 1.94. The van der Waals surface area contributed by atoms with E-state index in [9.17, 15) is 19.7 Å². The third-order valence-corrected chi connectivity index (χ3v) is 5.15. The number of carbonyl (C=O) groups excluding carboxylic acids is 2. The maximum atomic E-state index is 12.1. The van der Waals surface area contributed by atoms with Crippen LogP contribution in [0.25, 0.3) is 0 Å². The smallest absolute Gasteiger partial charge is 0.322 e. The van der Waals surface area contributed by atoms with Gasteiger partial charge in [-0.15, -0.1) is 0 Å². The summed E-state index contributed by atoms with van der Waals surface area (Å²) in [5.74, 6) is -0.455. The molecule has 0 radical (unpaired) electrons. The minimum atomic E-state index is -0.913. The fourth-order valence-corrected chi connectivity index (χ4v) is 3.99. The van der Waals surface area contributed by atoms with Gasteiger partial charge in [0.15, 0.2) is 0 Å². The van der Waals surface area contributed by atoms with E-state index in [2.05, 4.69) is 16.0 Å². The lowest BCUT2D eigenvalue weighted by molar-refractivity contribution is -0.384. The maximum Gasteiger partial charge on any atom is 0.322 e. The van der Waals surface area contributed by atoms with Crippen molar-refractivity contribution in [3.8, 4) is 0 Å². The number of benzene rings is 1. The summed E-state index contributed by atoms with van der Waals surface area (Å²) in [7, 11) is 0. The highest BCUT2D eigenvalue weighted by molar-refractivity contribution is 6.39. The van der Waals surface area contributed by atoms with Crippen molar-refractivity contribution in [2.75, 3.05) is 11.9 Å². The molecule has 3 amide bonds. The third-order valence-electron chi connectivity index (χ3n) is 4.55. The standard InChI is InChI=1S/C14H14Cl2N4O4/c15-9-4-8(20(23)24)5-10(16)11(9)17-6-7-2-1-3-14(7)12(21)18-13(22)19-14/h4-5,7,17H,1-3,6H2,(H2,18,19,21,22). The number of nitrogens with one attached hydrogen (secondary N) is 3. The molecule has 1 aromatic carbocycles. The Kier molecular flexibility index (Phi) is 4.27. The molecule has 128 valence electrons. The van der Waals surface area contributed by atoms with E-state index in [-0.39, 0.29) is 27.6 Å². The number of urea groups is 1. The fraction of sp³-hybridized carbons (Fsp3) is 0.429. The second kappa shape index (κ2) is 6.10. The Hall–Kier alpha value is -2.06. The molecule has 8 nitrogen and oxygen atoms in total. The number of nitro groups is 1. The number of carbonyl (C=O) groups is 2. The summed E-state index contributed by atoms with van der Waals surface area (Å²) in [4.78, 5) is 33.8. The molecule has 10 heteroatoms. The molecule has 1 aliphatic heterocycles. The molecule has 1 saturated carbocycles. The molecule has 24 heavy (non-hydrogen) atoms. The lowest BCUT2D eigenvalue weighted by Crippen LogP contribution is -2.51. The van der Waals surface area contributed by atoms with Crippen LogP contribution in [0, 0.1) is 16.0 Å². The monoisotopic (exact) mass is 372 g/mol. The van der Waals surface area contributed by atoms with Crippen molar-refractivity contribution in [3.63, 3.8) is 0 Å². The van der Waals surface area contributed by atoms with E-state index < -0.39 is 16.5 Å². The van der Waals surface area contributed by atoms with Gasteiger partial charge in [-0.05, 0) is 12.8 Å². The van der Waals surface area contributed by atoms with Gasteiger partial charge in [0.1, 0.15) is 5.54 Å². The highest BCUT2D eigenvalue weighted by atomic mass is 35.5. The van der Waals surface area contributed by atoms with Gasteiger partial charge in [0.05, 0.1) is 20.7 Å². The van der Waals surface area contributed by atoms with E-state index in [0.717, 1.165) is 12.8 Å². The van der Waals surface area contributed by atoms with Crippen molar-refractivity contribution in [3.05, 3.63) is 32.3 Å². The Morgan fingerprint density at radius 3 is 2.54 bits per heavy atom. The second-order valence-electron chi connectivity index (χ2n) is 5.89. The minimum absolute atomic E-state index is 0.126. The zero-order valence-corrected chi connectivity index (χ0v) is 13.9. The zero-order chi connectivity index (χ0) is 17.5. The molecular weight excluding hydrogens is 359 g/mol. The average Bonchev–Trinajstić information content (AvgIpc) is 3.02. The fourth-order valence-electron chi connectivity index (χ4n) is 3.38. The zero-order valence-electron chi connectivity index (χ0n) is 12.4. The van der Waals surface area contributed by atoms with Gasteiger partial charge in [-0.1, -0.05) is 29.6 Å². The van der Waals surface area contributed by atoms with E-state index in [1.54, 1.807) is 0 Å². The van der Waals surface area contributed by atoms with E-state index in [1.165, 1.54) is 12.1 Å². The van der Waals surface area contributed by atoms with Gasteiger partial charge in [-0.2, -0.15) is 0 Å². The molecule has 2 aliphatic rings. The lowest BCUT2D eigenvalue weighted by atomic mass is 9.87. The van der Waals surface area contributed by atoms with Crippen LogP contribution in [0.4, 0.5) is 16.2 Å². The molecule has 2 fully saturated rings. The predicted octanol–water partition coefficient (Wildman–Crippen LogP) is 2.69. The van der Waals surface area contributed by atoms with Gasteiger partial charge in [0.2, 0.25) is 0 Å². The third kappa shape index (κ3) is 2.76. The summed E-state index contributed by atoms with van der Waals surface area (Å²) in [5, 5.41) is 19.1. The number of anilines is 1. The first-order valence-corrected chi connectivity index (χ1v) is 8.10. The minimum Gasteiger partial charge on any atom is -0.382 e. The van der Waals surface area contributed by atoms with Crippen LogP contribution in [0.5, 0.6) is 0 Å². The molecule has 1 spiro atoms. The van der Waals surface area contributed by atoms with Crippen molar-refractivity contribution < 1.29 is 14.5 Å². The number of rotatable bonds is 4. The molecule has 2 unspecified atom stereocenters. The predicted molar refractivity (Wildman–Crippen MR) is 88.4 cm³/mol. The molecular formula is C14H14Cl2N4O4. The first kappa shape index (κ1) is 16.8. The van der Waals surface area contributed by atoms with Crippen molar-refractivity contribution in [1.82, 2.24) is 10.6 Å². The Balaban J connectivity index is 1.78. The van der Waals surface area contributed by atoms with Crippen LogP contribution in [0.1, 0.15) is 19.3 Å². The number of non-ortho nitro benzene ring substituents is 1. The van der Waals surface area contributed by atoms with Gasteiger partial charge in [-0.25, -0.2) is 4.79 Å². The van der Waals surface area contributed by atoms with Crippen LogP contribution < -0.4 is 16.0 Å². The molecule has 3 rings (SSSR count). The molecule has 0 bridgehead atoms. The number of nitrogens with zero attached hydrogens (tertiary/aromatic N) is 1. The highest BCUT2D eigenvalue weighted by Gasteiger charge is 2.54. The summed E-state index contributed by atoms with van der Waals surface area (Å²) < 4.78 is 0. The van der Waals surface area contributed by atoms with Crippen LogP contribution in [0.15, 0.2) is 12.1 Å². The Labute approximate surface area is 147 Å². The van der Waals surface area contributed by atoms with Gasteiger partial charge in [0.25, 0.3) is 11.6 Å². The number of hydrogen-bond donors (Lipinski definition) is 3. The SMILES string of the molecule is O=C1NC(=O)C2(CCCC2CNc2c(Cl)cc([N+](=O)[O-])cc2Cl)N1. The van der Waals surface area contributed by atoms with Crippen molar-refractivity contribution in [2.24, 2.45) is 5.92 Å². The molecule has 0 aromatic heterocycles. The first-order chi connectivity index (χ1) is 11.3. The Bertz CT molecular complexity index is 718. The number of amides is 3. The molecule has 1 aromatic rings. The molecule has 1 heterocycles. The Morgan fingerprint density at radius 1 is 1.33 bits per heavy atom. The van der Waals surface area contributed by atoms with Crippen molar-refractivity contribution >= 4 is 46.5 Å². The van der Waals surface area contributed by atoms with E-state index in [4.69, 9.17) is 23.2 Å². The van der Waals surface area contributed by atoms with Gasteiger partial charge in [0, 0.05) is 24.6 Å². The normalized spacial score (nSPS) is 25.7. The number of imide groups is 1. The maximum absolute atomic E-state index is 12.1. The average molecular weight is 373 g/mol. The second-order valence-corrected chi connectivity index (χ2v) is 6.71. The van der Waals surface area contributed by atoms with Crippen LogP contribution in [-0.4, -0.2) is 28.9 Å². The number of hydrogen-bond acceptors (Lipinski definition) is 5. The summed E-state index contributed by atoms with van der Waals surface area (Å²) in [5.41, 5.74) is -0.741. The summed E-state index contributed by atoms with van der Waals surface area (Å²) in [6.07, 6.45) is 2.13. The summed E-state index contributed by atoms with van der Waals surface area (Å²) in [6.45, 7) is 0.352. The quantitative estimate of drug-likeness (QED) is 0.427. The van der Waals surface area contributed by atoms with Gasteiger partial charge in [-0.3, -0.25) is 20.2 Å². The highest BCUT2D eigenvalue weighted by Crippen LogP contribution is 2.40. The molecule has 1 saturated heterocycles. The van der Waals surface area contributed by atoms with Gasteiger partial charge >= 0.3 is 6.03 Å².